The summed E-state index contributed by atoms with van der Waals surface area (Å²) < 4.78 is 10.7. The molecule has 1 aromatic carbocycles. The first-order valence-electron chi connectivity index (χ1n) is 8.41. The zero-order chi connectivity index (χ0) is 16.8. The van der Waals surface area contributed by atoms with E-state index in [9.17, 15) is 4.79 Å². The fourth-order valence-electron chi connectivity index (χ4n) is 3.11. The number of piperidine rings is 1. The van der Waals surface area contributed by atoms with Gasteiger partial charge in [-0.1, -0.05) is 18.2 Å². The Kier molecular flexibility index (Phi) is 5.54. The fourth-order valence-corrected chi connectivity index (χ4v) is 3.11. The van der Waals surface area contributed by atoms with Crippen LogP contribution < -0.4 is 10.1 Å². The van der Waals surface area contributed by atoms with E-state index in [1.54, 1.807) is 13.4 Å². The lowest BCUT2D eigenvalue weighted by Crippen LogP contribution is -2.45. The molecule has 1 N–H and O–H groups in total. The standard InChI is InChI=1S/C19H24N2O3/c1-23-18-7-3-2-5-15(18)13-19(22)21-10-8-16(9-11-21)20-14-17-6-4-12-24-17/h2-7,12,16,20H,8-11,13-14H2,1H3. The van der Waals surface area contributed by atoms with Crippen LogP contribution in [0.1, 0.15) is 24.2 Å². The minimum absolute atomic E-state index is 0.170. The van der Waals surface area contributed by atoms with Crippen molar-refractivity contribution in [1.29, 1.82) is 0 Å². The number of amides is 1. The average Bonchev–Trinajstić information content (AvgIpc) is 3.14. The topological polar surface area (TPSA) is 54.7 Å². The molecule has 1 saturated heterocycles. The van der Waals surface area contributed by atoms with Crippen LogP contribution in [0.5, 0.6) is 5.75 Å². The number of benzene rings is 1. The van der Waals surface area contributed by atoms with Gasteiger partial charge in [-0.05, 0) is 31.0 Å². The van der Waals surface area contributed by atoms with Crippen molar-refractivity contribution in [2.45, 2.75) is 31.8 Å². The third-order valence-corrected chi connectivity index (χ3v) is 4.53. The molecule has 1 aliphatic rings. The Morgan fingerprint density at radius 2 is 2.04 bits per heavy atom. The van der Waals surface area contributed by atoms with Crippen molar-refractivity contribution in [3.05, 3.63) is 54.0 Å². The van der Waals surface area contributed by atoms with E-state index < -0.39 is 0 Å². The van der Waals surface area contributed by atoms with E-state index in [0.717, 1.165) is 49.5 Å². The minimum atomic E-state index is 0.170. The van der Waals surface area contributed by atoms with Crippen molar-refractivity contribution in [3.63, 3.8) is 0 Å². The van der Waals surface area contributed by atoms with E-state index >= 15 is 0 Å². The third kappa shape index (κ3) is 4.17. The third-order valence-electron chi connectivity index (χ3n) is 4.53. The Morgan fingerprint density at radius 3 is 2.75 bits per heavy atom. The quantitative estimate of drug-likeness (QED) is 0.886. The zero-order valence-corrected chi connectivity index (χ0v) is 14.0. The van der Waals surface area contributed by atoms with Gasteiger partial charge >= 0.3 is 0 Å². The molecule has 0 saturated carbocycles. The molecule has 1 amide bonds. The molecular formula is C19H24N2O3. The van der Waals surface area contributed by atoms with Crippen LogP contribution in [0.4, 0.5) is 0 Å². The van der Waals surface area contributed by atoms with Crippen molar-refractivity contribution >= 4 is 5.91 Å². The highest BCUT2D eigenvalue weighted by molar-refractivity contribution is 5.79. The maximum absolute atomic E-state index is 12.5. The molecule has 24 heavy (non-hydrogen) atoms. The molecule has 0 atom stereocenters. The van der Waals surface area contributed by atoms with Crippen LogP contribution in [-0.2, 0) is 17.8 Å². The average molecular weight is 328 g/mol. The van der Waals surface area contributed by atoms with Gasteiger partial charge in [0.05, 0.1) is 26.3 Å². The lowest BCUT2D eigenvalue weighted by atomic mass is 10.0. The second kappa shape index (κ2) is 8.02. The van der Waals surface area contributed by atoms with E-state index in [-0.39, 0.29) is 5.91 Å². The highest BCUT2D eigenvalue weighted by atomic mass is 16.5. The molecule has 0 aliphatic carbocycles. The molecule has 1 aliphatic heterocycles. The van der Waals surface area contributed by atoms with Gasteiger partial charge < -0.3 is 19.4 Å². The van der Waals surface area contributed by atoms with Gasteiger partial charge in [-0.15, -0.1) is 0 Å². The second-order valence-corrected chi connectivity index (χ2v) is 6.10. The smallest absolute Gasteiger partial charge is 0.227 e. The van der Waals surface area contributed by atoms with E-state index in [0.29, 0.717) is 12.5 Å². The maximum atomic E-state index is 12.5. The number of hydrogen-bond donors (Lipinski definition) is 1. The summed E-state index contributed by atoms with van der Waals surface area (Å²) in [6.45, 7) is 2.33. The number of methoxy groups -OCH3 is 1. The SMILES string of the molecule is COc1ccccc1CC(=O)N1CCC(NCc2ccco2)CC1. The first-order valence-corrected chi connectivity index (χ1v) is 8.41. The van der Waals surface area contributed by atoms with Crippen LogP contribution in [-0.4, -0.2) is 37.0 Å². The number of ether oxygens (including phenoxy) is 1. The summed E-state index contributed by atoms with van der Waals surface area (Å²) in [5, 5.41) is 3.50. The number of carbonyl (C=O) groups excluding carboxylic acids is 1. The zero-order valence-electron chi connectivity index (χ0n) is 14.0. The molecule has 5 nitrogen and oxygen atoms in total. The fraction of sp³-hybridized carbons (Fsp3) is 0.421. The summed E-state index contributed by atoms with van der Waals surface area (Å²) in [7, 11) is 1.64. The summed E-state index contributed by atoms with van der Waals surface area (Å²) >= 11 is 0. The Hall–Kier alpha value is -2.27. The van der Waals surface area contributed by atoms with Gasteiger partial charge in [-0.3, -0.25) is 4.79 Å². The Labute approximate surface area is 142 Å². The number of hydrogen-bond acceptors (Lipinski definition) is 4. The number of nitrogens with zero attached hydrogens (tertiary/aromatic N) is 1. The Balaban J connectivity index is 1.46. The molecular weight excluding hydrogens is 304 g/mol. The largest absolute Gasteiger partial charge is 0.496 e. The Bertz CT molecular complexity index is 646. The number of rotatable bonds is 6. The first kappa shape index (κ1) is 16.6. The summed E-state index contributed by atoms with van der Waals surface area (Å²) in [6.07, 6.45) is 4.03. The second-order valence-electron chi connectivity index (χ2n) is 6.10. The van der Waals surface area contributed by atoms with Gasteiger partial charge in [0.25, 0.3) is 0 Å². The maximum Gasteiger partial charge on any atom is 0.227 e. The number of para-hydroxylation sites is 1. The molecule has 1 aromatic heterocycles. The number of nitrogens with one attached hydrogen (secondary N) is 1. The summed E-state index contributed by atoms with van der Waals surface area (Å²) in [6, 6.07) is 12.0. The molecule has 128 valence electrons. The van der Waals surface area contributed by atoms with Crippen LogP contribution in [0, 0.1) is 0 Å². The predicted octanol–water partition coefficient (Wildman–Crippen LogP) is 2.61. The molecule has 0 bridgehead atoms. The normalized spacial score (nSPS) is 15.5. The molecule has 5 heteroatoms. The van der Waals surface area contributed by atoms with Crippen molar-refractivity contribution < 1.29 is 13.9 Å². The van der Waals surface area contributed by atoms with Gasteiger partial charge in [0, 0.05) is 24.7 Å². The van der Waals surface area contributed by atoms with Gasteiger partial charge in [-0.2, -0.15) is 0 Å². The molecule has 3 rings (SSSR count). The van der Waals surface area contributed by atoms with Crippen molar-refractivity contribution in [3.8, 4) is 5.75 Å². The lowest BCUT2D eigenvalue weighted by Gasteiger charge is -2.32. The molecule has 0 unspecified atom stereocenters. The van der Waals surface area contributed by atoms with Crippen LogP contribution in [0.2, 0.25) is 0 Å². The van der Waals surface area contributed by atoms with Crippen LogP contribution >= 0.6 is 0 Å². The first-order chi connectivity index (χ1) is 11.8. The molecule has 1 fully saturated rings. The van der Waals surface area contributed by atoms with E-state index in [1.807, 2.05) is 41.3 Å². The molecule has 2 aromatic rings. The number of likely N-dealkylation sites (tertiary alicyclic amines) is 1. The van der Waals surface area contributed by atoms with Crippen molar-refractivity contribution in [2.75, 3.05) is 20.2 Å². The highest BCUT2D eigenvalue weighted by Gasteiger charge is 2.23. The summed E-state index contributed by atoms with van der Waals surface area (Å²) in [4.78, 5) is 14.5. The van der Waals surface area contributed by atoms with E-state index in [2.05, 4.69) is 5.32 Å². The number of carbonyl (C=O) groups is 1. The predicted molar refractivity (Wildman–Crippen MR) is 91.8 cm³/mol. The highest BCUT2D eigenvalue weighted by Crippen LogP contribution is 2.20. The Morgan fingerprint density at radius 1 is 1.25 bits per heavy atom. The van der Waals surface area contributed by atoms with Gasteiger partial charge in [0.1, 0.15) is 11.5 Å². The summed E-state index contributed by atoms with van der Waals surface area (Å²) in [5.74, 6) is 1.90. The van der Waals surface area contributed by atoms with E-state index in [1.165, 1.54) is 0 Å². The van der Waals surface area contributed by atoms with E-state index in [4.69, 9.17) is 9.15 Å². The lowest BCUT2D eigenvalue weighted by molar-refractivity contribution is -0.131. The number of furan rings is 1. The van der Waals surface area contributed by atoms with Crippen LogP contribution in [0.3, 0.4) is 0 Å². The van der Waals surface area contributed by atoms with Crippen molar-refractivity contribution in [2.24, 2.45) is 0 Å². The van der Waals surface area contributed by atoms with Gasteiger partial charge in [0.15, 0.2) is 0 Å². The molecule has 0 spiro atoms. The molecule has 2 heterocycles. The van der Waals surface area contributed by atoms with Gasteiger partial charge in [-0.25, -0.2) is 0 Å². The monoisotopic (exact) mass is 328 g/mol. The molecule has 0 radical (unpaired) electrons. The van der Waals surface area contributed by atoms with Crippen LogP contribution in [0.25, 0.3) is 0 Å². The van der Waals surface area contributed by atoms with Gasteiger partial charge in [0.2, 0.25) is 5.91 Å². The van der Waals surface area contributed by atoms with Crippen molar-refractivity contribution in [1.82, 2.24) is 10.2 Å². The minimum Gasteiger partial charge on any atom is -0.496 e. The van der Waals surface area contributed by atoms with Crippen LogP contribution in [0.15, 0.2) is 47.1 Å². The summed E-state index contributed by atoms with van der Waals surface area (Å²) in [5.41, 5.74) is 0.947.